The van der Waals surface area contributed by atoms with Crippen LogP contribution < -0.4 is 5.32 Å². The normalized spacial score (nSPS) is 16.7. The predicted octanol–water partition coefficient (Wildman–Crippen LogP) is -0.0151. The van der Waals surface area contributed by atoms with Crippen molar-refractivity contribution >= 4 is 17.5 Å². The number of amides is 1. The summed E-state index contributed by atoms with van der Waals surface area (Å²) < 4.78 is 6.78. The van der Waals surface area contributed by atoms with Crippen LogP contribution in [-0.4, -0.2) is 60.0 Å². The lowest BCUT2D eigenvalue weighted by molar-refractivity contribution is -0.121. The highest BCUT2D eigenvalue weighted by atomic mass is 35.5. The Bertz CT molecular complexity index is 390. The molecular formula is C11H17ClN4O2. The molecule has 1 N–H and O–H groups in total. The van der Waals surface area contributed by atoms with Crippen molar-refractivity contribution in [2.75, 3.05) is 39.4 Å². The molecule has 1 aromatic heterocycles. The van der Waals surface area contributed by atoms with Crippen LogP contribution in [-0.2, 0) is 16.1 Å². The molecule has 6 nitrogen and oxygen atoms in total. The number of nitrogens with zero attached hydrogens (tertiary/aromatic N) is 3. The zero-order chi connectivity index (χ0) is 12.8. The van der Waals surface area contributed by atoms with Crippen molar-refractivity contribution in [1.29, 1.82) is 0 Å². The number of halogens is 1. The van der Waals surface area contributed by atoms with Crippen LogP contribution in [0.3, 0.4) is 0 Å². The van der Waals surface area contributed by atoms with Gasteiger partial charge in [0.2, 0.25) is 5.91 Å². The third-order valence-corrected chi connectivity index (χ3v) is 2.96. The molecule has 100 valence electrons. The maximum Gasteiger partial charge on any atom is 0.241 e. The van der Waals surface area contributed by atoms with Gasteiger partial charge in [0.05, 0.1) is 24.4 Å². The van der Waals surface area contributed by atoms with Gasteiger partial charge in [-0.2, -0.15) is 5.10 Å². The first-order valence-electron chi connectivity index (χ1n) is 5.99. The van der Waals surface area contributed by atoms with E-state index in [1.54, 1.807) is 6.20 Å². The van der Waals surface area contributed by atoms with Crippen molar-refractivity contribution in [3.8, 4) is 0 Å². The number of hydrogen-bond acceptors (Lipinski definition) is 4. The smallest absolute Gasteiger partial charge is 0.241 e. The summed E-state index contributed by atoms with van der Waals surface area (Å²) in [4.78, 5) is 13.9. The first kappa shape index (κ1) is 13.3. The first-order valence-corrected chi connectivity index (χ1v) is 6.36. The van der Waals surface area contributed by atoms with E-state index < -0.39 is 0 Å². The lowest BCUT2D eigenvalue weighted by Gasteiger charge is -2.26. The fraction of sp³-hybridized carbons (Fsp3) is 0.636. The Morgan fingerprint density at radius 2 is 2.28 bits per heavy atom. The zero-order valence-electron chi connectivity index (χ0n) is 10.1. The standard InChI is InChI=1S/C11H17ClN4O2/c12-10-7-14-16(8-10)9-11(17)13-1-2-15-3-5-18-6-4-15/h7-8H,1-6,9H2,(H,13,17). The Labute approximate surface area is 111 Å². The molecule has 2 rings (SSSR count). The van der Waals surface area contributed by atoms with Crippen molar-refractivity contribution in [3.05, 3.63) is 17.4 Å². The van der Waals surface area contributed by atoms with Crippen LogP contribution in [0.2, 0.25) is 5.02 Å². The lowest BCUT2D eigenvalue weighted by atomic mass is 10.4. The quantitative estimate of drug-likeness (QED) is 0.819. The highest BCUT2D eigenvalue weighted by Crippen LogP contribution is 2.03. The van der Waals surface area contributed by atoms with Gasteiger partial charge in [-0.05, 0) is 0 Å². The molecule has 0 bridgehead atoms. The maximum absolute atomic E-state index is 11.6. The summed E-state index contributed by atoms with van der Waals surface area (Å²) in [7, 11) is 0. The van der Waals surface area contributed by atoms with E-state index in [-0.39, 0.29) is 12.5 Å². The molecule has 0 atom stereocenters. The molecule has 2 heterocycles. The van der Waals surface area contributed by atoms with Gasteiger partial charge in [0.1, 0.15) is 6.54 Å². The van der Waals surface area contributed by atoms with E-state index in [2.05, 4.69) is 15.3 Å². The number of nitrogens with one attached hydrogen (secondary N) is 1. The van der Waals surface area contributed by atoms with Crippen LogP contribution in [0.4, 0.5) is 0 Å². The van der Waals surface area contributed by atoms with Gasteiger partial charge in [0, 0.05) is 32.4 Å². The van der Waals surface area contributed by atoms with Gasteiger partial charge in [-0.1, -0.05) is 11.6 Å². The van der Waals surface area contributed by atoms with Gasteiger partial charge in [-0.15, -0.1) is 0 Å². The minimum atomic E-state index is -0.0528. The van der Waals surface area contributed by atoms with E-state index in [1.807, 2.05) is 0 Å². The van der Waals surface area contributed by atoms with Crippen molar-refractivity contribution in [2.24, 2.45) is 0 Å². The first-order chi connectivity index (χ1) is 8.74. The molecular weight excluding hydrogens is 256 g/mol. The van der Waals surface area contributed by atoms with Crippen molar-refractivity contribution < 1.29 is 9.53 Å². The van der Waals surface area contributed by atoms with E-state index in [4.69, 9.17) is 16.3 Å². The van der Waals surface area contributed by atoms with Gasteiger partial charge in [-0.3, -0.25) is 14.4 Å². The molecule has 1 aliphatic rings. The van der Waals surface area contributed by atoms with Crippen molar-refractivity contribution in [3.63, 3.8) is 0 Å². The molecule has 18 heavy (non-hydrogen) atoms. The van der Waals surface area contributed by atoms with Gasteiger partial charge < -0.3 is 10.1 Å². The zero-order valence-corrected chi connectivity index (χ0v) is 10.9. The second-order valence-electron chi connectivity index (χ2n) is 4.16. The molecule has 1 saturated heterocycles. The second-order valence-corrected chi connectivity index (χ2v) is 4.60. The van der Waals surface area contributed by atoms with E-state index in [9.17, 15) is 4.79 Å². The number of carbonyl (C=O) groups is 1. The van der Waals surface area contributed by atoms with Crippen molar-refractivity contribution in [2.45, 2.75) is 6.54 Å². The molecule has 0 spiro atoms. The molecule has 0 radical (unpaired) electrons. The Hall–Kier alpha value is -1.11. The number of aromatic nitrogens is 2. The molecule has 1 aliphatic heterocycles. The number of carbonyl (C=O) groups excluding carboxylic acids is 1. The molecule has 0 unspecified atom stereocenters. The van der Waals surface area contributed by atoms with E-state index in [0.717, 1.165) is 32.8 Å². The predicted molar refractivity (Wildman–Crippen MR) is 67.5 cm³/mol. The Balaban J connectivity index is 1.62. The molecule has 1 fully saturated rings. The molecule has 0 aromatic carbocycles. The topological polar surface area (TPSA) is 59.4 Å². The minimum Gasteiger partial charge on any atom is -0.379 e. The monoisotopic (exact) mass is 272 g/mol. The van der Waals surface area contributed by atoms with E-state index in [1.165, 1.54) is 10.9 Å². The molecule has 7 heteroatoms. The largest absolute Gasteiger partial charge is 0.379 e. The van der Waals surface area contributed by atoms with Crippen LogP contribution in [0.15, 0.2) is 12.4 Å². The summed E-state index contributed by atoms with van der Waals surface area (Å²) in [6, 6.07) is 0. The van der Waals surface area contributed by atoms with Crippen LogP contribution in [0.25, 0.3) is 0 Å². The fourth-order valence-electron chi connectivity index (χ4n) is 1.81. The van der Waals surface area contributed by atoms with Crippen LogP contribution >= 0.6 is 11.6 Å². The number of rotatable bonds is 5. The number of morpholine rings is 1. The lowest BCUT2D eigenvalue weighted by Crippen LogP contribution is -2.41. The Morgan fingerprint density at radius 3 is 2.94 bits per heavy atom. The Morgan fingerprint density at radius 1 is 1.50 bits per heavy atom. The molecule has 1 aromatic rings. The van der Waals surface area contributed by atoms with E-state index >= 15 is 0 Å². The van der Waals surface area contributed by atoms with Gasteiger partial charge in [0.15, 0.2) is 0 Å². The summed E-state index contributed by atoms with van der Waals surface area (Å²) in [6.45, 7) is 5.13. The average molecular weight is 273 g/mol. The number of hydrogen-bond donors (Lipinski definition) is 1. The summed E-state index contributed by atoms with van der Waals surface area (Å²) >= 11 is 5.72. The third-order valence-electron chi connectivity index (χ3n) is 2.76. The molecule has 1 amide bonds. The molecule has 0 saturated carbocycles. The summed E-state index contributed by atoms with van der Waals surface area (Å²) in [5, 5.41) is 7.35. The van der Waals surface area contributed by atoms with Gasteiger partial charge in [0.25, 0.3) is 0 Å². The highest BCUT2D eigenvalue weighted by Gasteiger charge is 2.10. The SMILES string of the molecule is O=C(Cn1cc(Cl)cn1)NCCN1CCOCC1. The van der Waals surface area contributed by atoms with Crippen LogP contribution in [0.1, 0.15) is 0 Å². The number of ether oxygens (including phenoxy) is 1. The average Bonchev–Trinajstić information content (AvgIpc) is 2.76. The van der Waals surface area contributed by atoms with Crippen LogP contribution in [0, 0.1) is 0 Å². The third kappa shape index (κ3) is 4.29. The van der Waals surface area contributed by atoms with Crippen LogP contribution in [0.5, 0.6) is 0 Å². The van der Waals surface area contributed by atoms with Crippen molar-refractivity contribution in [1.82, 2.24) is 20.0 Å². The minimum absolute atomic E-state index is 0.0528. The maximum atomic E-state index is 11.6. The van der Waals surface area contributed by atoms with E-state index in [0.29, 0.717) is 11.6 Å². The summed E-state index contributed by atoms with van der Waals surface area (Å²) in [6.07, 6.45) is 3.14. The van der Waals surface area contributed by atoms with Gasteiger partial charge in [-0.25, -0.2) is 0 Å². The Kier molecular flexibility index (Phi) is 4.98. The summed E-state index contributed by atoms with van der Waals surface area (Å²) in [5.41, 5.74) is 0. The van der Waals surface area contributed by atoms with Gasteiger partial charge >= 0.3 is 0 Å². The fourth-order valence-corrected chi connectivity index (χ4v) is 1.96. The second kappa shape index (κ2) is 6.72. The molecule has 0 aliphatic carbocycles. The highest BCUT2D eigenvalue weighted by molar-refractivity contribution is 6.30. The summed E-state index contributed by atoms with van der Waals surface area (Å²) in [5.74, 6) is -0.0528.